The molecular weight excluding hydrogens is 216 g/mol. The van der Waals surface area contributed by atoms with Gasteiger partial charge in [-0.15, -0.1) is 0 Å². The van der Waals surface area contributed by atoms with Gasteiger partial charge in [-0.2, -0.15) is 10.6 Å². The predicted octanol–water partition coefficient (Wildman–Crippen LogP) is 1.52. The number of rotatable bonds is 6. The van der Waals surface area contributed by atoms with Gasteiger partial charge in [0.2, 0.25) is 0 Å². The largest absolute Gasteiger partial charge is 0.297 e. The van der Waals surface area contributed by atoms with Gasteiger partial charge in [-0.3, -0.25) is 4.84 Å². The molecule has 0 saturated heterocycles. The molecule has 0 atom stereocenters. The number of benzene rings is 1. The van der Waals surface area contributed by atoms with E-state index in [-0.39, 0.29) is 0 Å². The van der Waals surface area contributed by atoms with E-state index in [4.69, 9.17) is 4.84 Å². The molecule has 1 aromatic carbocycles. The highest BCUT2D eigenvalue weighted by Crippen LogP contribution is 1.99. The van der Waals surface area contributed by atoms with Gasteiger partial charge in [-0.05, 0) is 12.5 Å². The van der Waals surface area contributed by atoms with Gasteiger partial charge in [-0.1, -0.05) is 30.3 Å². The quantitative estimate of drug-likeness (QED) is 0.606. The summed E-state index contributed by atoms with van der Waals surface area (Å²) in [4.78, 5) is 9.50. The number of aromatic nitrogens is 3. The summed E-state index contributed by atoms with van der Waals surface area (Å²) in [5.41, 5.74) is 4.02. The zero-order valence-corrected chi connectivity index (χ0v) is 9.84. The van der Waals surface area contributed by atoms with E-state index in [1.165, 1.54) is 0 Å². The lowest BCUT2D eigenvalue weighted by molar-refractivity contribution is 0.0215. The first-order valence-corrected chi connectivity index (χ1v) is 5.65. The molecule has 0 aliphatic rings. The van der Waals surface area contributed by atoms with Crippen LogP contribution in [0.2, 0.25) is 0 Å². The van der Waals surface area contributed by atoms with Crippen molar-refractivity contribution in [2.24, 2.45) is 0 Å². The number of nitrogens with zero attached hydrogens (tertiary/aromatic N) is 3. The van der Waals surface area contributed by atoms with Crippen molar-refractivity contribution in [1.29, 1.82) is 0 Å². The summed E-state index contributed by atoms with van der Waals surface area (Å²) in [6.07, 6.45) is 1.55. The molecule has 17 heavy (non-hydrogen) atoms. The van der Waals surface area contributed by atoms with Crippen molar-refractivity contribution in [1.82, 2.24) is 20.2 Å². The van der Waals surface area contributed by atoms with E-state index < -0.39 is 0 Å². The van der Waals surface area contributed by atoms with Gasteiger partial charge in [0.1, 0.15) is 12.2 Å². The zero-order valence-electron chi connectivity index (χ0n) is 9.84. The molecule has 0 bridgehead atoms. The maximum Gasteiger partial charge on any atom is 0.143 e. The highest BCUT2D eigenvalue weighted by atomic mass is 16.6. The molecule has 1 heterocycles. The number of nitrogens with one attached hydrogen (secondary N) is 1. The average molecular weight is 232 g/mol. The second-order valence-electron chi connectivity index (χ2n) is 3.59. The van der Waals surface area contributed by atoms with Gasteiger partial charge >= 0.3 is 0 Å². The lowest BCUT2D eigenvalue weighted by atomic mass is 10.2. The Morgan fingerprint density at radius 1 is 1.29 bits per heavy atom. The molecule has 2 rings (SSSR count). The standard InChI is InChI=1S/C12H16N4O/c1-2-16-12(13-10-14-16)8-15-17-9-11-6-4-3-5-7-11/h3-7,10,15H,2,8-9H2,1H3. The van der Waals surface area contributed by atoms with Crippen LogP contribution in [0.4, 0.5) is 0 Å². The summed E-state index contributed by atoms with van der Waals surface area (Å²) in [6, 6.07) is 10.0. The fraction of sp³-hybridized carbons (Fsp3) is 0.333. The van der Waals surface area contributed by atoms with Crippen molar-refractivity contribution in [2.45, 2.75) is 26.6 Å². The van der Waals surface area contributed by atoms with Gasteiger partial charge in [0.05, 0.1) is 13.2 Å². The van der Waals surface area contributed by atoms with Crippen LogP contribution in [0.15, 0.2) is 36.7 Å². The maximum atomic E-state index is 5.36. The maximum absolute atomic E-state index is 5.36. The van der Waals surface area contributed by atoms with Crippen molar-refractivity contribution in [2.75, 3.05) is 0 Å². The highest BCUT2D eigenvalue weighted by molar-refractivity contribution is 5.13. The Kier molecular flexibility index (Phi) is 4.23. The fourth-order valence-electron chi connectivity index (χ4n) is 1.51. The normalized spacial score (nSPS) is 10.6. The first kappa shape index (κ1) is 11.8. The Balaban J connectivity index is 1.73. The number of hydroxylamine groups is 1. The zero-order chi connectivity index (χ0) is 11.9. The number of hydrogen-bond donors (Lipinski definition) is 1. The molecule has 0 aliphatic carbocycles. The first-order chi connectivity index (χ1) is 8.40. The lowest BCUT2D eigenvalue weighted by Crippen LogP contribution is -2.17. The van der Waals surface area contributed by atoms with Crippen LogP contribution in [-0.2, 0) is 24.5 Å². The third kappa shape index (κ3) is 3.37. The smallest absolute Gasteiger partial charge is 0.143 e. The van der Waals surface area contributed by atoms with Gasteiger partial charge < -0.3 is 0 Å². The third-order valence-corrected chi connectivity index (χ3v) is 2.41. The second-order valence-corrected chi connectivity index (χ2v) is 3.59. The first-order valence-electron chi connectivity index (χ1n) is 5.65. The highest BCUT2D eigenvalue weighted by Gasteiger charge is 2.01. The molecule has 0 aliphatic heterocycles. The molecule has 0 unspecified atom stereocenters. The molecule has 5 nitrogen and oxygen atoms in total. The van der Waals surface area contributed by atoms with Crippen molar-refractivity contribution in [3.05, 3.63) is 48.0 Å². The Morgan fingerprint density at radius 2 is 2.12 bits per heavy atom. The Labute approximate surface area is 100 Å². The molecule has 90 valence electrons. The summed E-state index contributed by atoms with van der Waals surface area (Å²) < 4.78 is 1.83. The van der Waals surface area contributed by atoms with Crippen molar-refractivity contribution < 1.29 is 4.84 Å². The Hall–Kier alpha value is -1.72. The van der Waals surface area contributed by atoms with Crippen LogP contribution in [-0.4, -0.2) is 14.8 Å². The second kappa shape index (κ2) is 6.12. The van der Waals surface area contributed by atoms with E-state index in [9.17, 15) is 0 Å². The SMILES string of the molecule is CCn1ncnc1CNOCc1ccccc1. The summed E-state index contributed by atoms with van der Waals surface area (Å²) in [5.74, 6) is 0.876. The van der Waals surface area contributed by atoms with Crippen LogP contribution in [0.1, 0.15) is 18.3 Å². The summed E-state index contributed by atoms with van der Waals surface area (Å²) >= 11 is 0. The van der Waals surface area contributed by atoms with E-state index >= 15 is 0 Å². The minimum absolute atomic E-state index is 0.543. The van der Waals surface area contributed by atoms with E-state index in [2.05, 4.69) is 15.6 Å². The molecule has 0 radical (unpaired) electrons. The monoisotopic (exact) mass is 232 g/mol. The van der Waals surface area contributed by atoms with Gasteiger partial charge in [0, 0.05) is 6.54 Å². The predicted molar refractivity (Wildman–Crippen MR) is 63.8 cm³/mol. The average Bonchev–Trinajstić information content (AvgIpc) is 2.83. The van der Waals surface area contributed by atoms with E-state index in [1.807, 2.05) is 41.9 Å². The molecule has 0 spiro atoms. The third-order valence-electron chi connectivity index (χ3n) is 2.41. The molecule has 1 aromatic heterocycles. The summed E-state index contributed by atoms with van der Waals surface area (Å²) in [7, 11) is 0. The minimum Gasteiger partial charge on any atom is -0.297 e. The summed E-state index contributed by atoms with van der Waals surface area (Å²) in [5, 5.41) is 4.08. The minimum atomic E-state index is 0.543. The molecule has 0 fully saturated rings. The lowest BCUT2D eigenvalue weighted by Gasteiger charge is -2.06. The van der Waals surface area contributed by atoms with Crippen LogP contribution >= 0.6 is 0 Å². The number of hydrogen-bond acceptors (Lipinski definition) is 4. The molecule has 0 amide bonds. The van der Waals surface area contributed by atoms with Crippen LogP contribution < -0.4 is 5.48 Å². The van der Waals surface area contributed by atoms with E-state index in [1.54, 1.807) is 6.33 Å². The Morgan fingerprint density at radius 3 is 2.88 bits per heavy atom. The van der Waals surface area contributed by atoms with Gasteiger partial charge in [0.25, 0.3) is 0 Å². The van der Waals surface area contributed by atoms with Crippen LogP contribution in [0.5, 0.6) is 0 Å². The van der Waals surface area contributed by atoms with Crippen molar-refractivity contribution in [3.63, 3.8) is 0 Å². The molecule has 0 saturated carbocycles. The topological polar surface area (TPSA) is 52.0 Å². The molecular formula is C12H16N4O. The molecule has 2 aromatic rings. The van der Waals surface area contributed by atoms with E-state index in [0.29, 0.717) is 13.2 Å². The van der Waals surface area contributed by atoms with Crippen molar-refractivity contribution in [3.8, 4) is 0 Å². The van der Waals surface area contributed by atoms with Crippen LogP contribution in [0, 0.1) is 0 Å². The number of aryl methyl sites for hydroxylation is 1. The molecule has 5 heteroatoms. The molecule has 1 N–H and O–H groups in total. The summed E-state index contributed by atoms with van der Waals surface area (Å²) in [6.45, 7) is 3.94. The Bertz CT molecular complexity index is 441. The fourth-order valence-corrected chi connectivity index (χ4v) is 1.51. The van der Waals surface area contributed by atoms with Gasteiger partial charge in [0.15, 0.2) is 0 Å². The van der Waals surface area contributed by atoms with Gasteiger partial charge in [-0.25, -0.2) is 9.67 Å². The van der Waals surface area contributed by atoms with Crippen LogP contribution in [0.3, 0.4) is 0 Å². The van der Waals surface area contributed by atoms with E-state index in [0.717, 1.165) is 17.9 Å². The van der Waals surface area contributed by atoms with Crippen LogP contribution in [0.25, 0.3) is 0 Å². The van der Waals surface area contributed by atoms with Crippen molar-refractivity contribution >= 4 is 0 Å².